The van der Waals surface area contributed by atoms with E-state index >= 15 is 0 Å². The Morgan fingerprint density at radius 3 is 2.36 bits per heavy atom. The Hall–Kier alpha value is -3.27. The summed E-state index contributed by atoms with van der Waals surface area (Å²) in [6, 6.07) is 16.9. The summed E-state index contributed by atoms with van der Waals surface area (Å²) in [6.45, 7) is 7.48. The van der Waals surface area contributed by atoms with E-state index in [-0.39, 0.29) is 18.8 Å². The third kappa shape index (κ3) is 6.90. The average Bonchev–Trinajstić information content (AvgIpc) is 3.59. The van der Waals surface area contributed by atoms with Crippen molar-refractivity contribution in [1.82, 2.24) is 15.4 Å². The van der Waals surface area contributed by atoms with Gasteiger partial charge in [-0.2, -0.15) is 5.06 Å². The second-order valence-corrected chi connectivity index (χ2v) is 10.1. The Labute approximate surface area is 211 Å². The van der Waals surface area contributed by atoms with Gasteiger partial charge in [-0.15, -0.1) is 0 Å². The highest BCUT2D eigenvalue weighted by Crippen LogP contribution is 2.29. The molecule has 1 saturated heterocycles. The van der Waals surface area contributed by atoms with Crippen LogP contribution in [0.5, 0.6) is 0 Å². The van der Waals surface area contributed by atoms with Crippen LogP contribution in [-0.4, -0.2) is 65.1 Å². The number of piperazine rings is 1. The Bertz CT molecular complexity index is 1060. The molecule has 1 heterocycles. The number of esters is 1. The Morgan fingerprint density at radius 2 is 1.75 bits per heavy atom. The maximum atomic E-state index is 13.6. The fraction of sp³-hybridized carbons (Fsp3) is 0.444. The average molecular weight is 495 g/mol. The van der Waals surface area contributed by atoms with Crippen molar-refractivity contribution >= 4 is 23.3 Å². The summed E-state index contributed by atoms with van der Waals surface area (Å²) in [5.41, 5.74) is 4.14. The number of anilines is 1. The van der Waals surface area contributed by atoms with Crippen LogP contribution in [-0.2, 0) is 30.6 Å². The zero-order valence-electron chi connectivity index (χ0n) is 21.0. The van der Waals surface area contributed by atoms with E-state index < -0.39 is 35.5 Å². The molecule has 0 aromatic heterocycles. The van der Waals surface area contributed by atoms with Gasteiger partial charge in [0.1, 0.15) is 18.3 Å². The lowest BCUT2D eigenvalue weighted by Crippen LogP contribution is -2.65. The quantitative estimate of drug-likeness (QED) is 0.312. The smallest absolute Gasteiger partial charge is 0.333 e. The number of para-hydroxylation sites is 1. The number of benzene rings is 2. The SMILES string of the molecule is CC(C)(C)ON1CCNC(C(C(=O)OCc2ccccc2)N(Nc2ccccc2)C(=O)C2CC2=O)C1. The molecule has 2 aliphatic rings. The van der Waals surface area contributed by atoms with Crippen molar-refractivity contribution in [3.63, 3.8) is 0 Å². The van der Waals surface area contributed by atoms with Crippen molar-refractivity contribution in [3.05, 3.63) is 66.2 Å². The van der Waals surface area contributed by atoms with E-state index in [1.54, 1.807) is 12.1 Å². The molecule has 2 N–H and O–H groups in total. The van der Waals surface area contributed by atoms with Crippen LogP contribution in [0.2, 0.25) is 0 Å². The second-order valence-electron chi connectivity index (χ2n) is 10.1. The summed E-state index contributed by atoms with van der Waals surface area (Å²) in [4.78, 5) is 45.1. The highest BCUT2D eigenvalue weighted by molar-refractivity contribution is 6.14. The van der Waals surface area contributed by atoms with E-state index in [1.165, 1.54) is 5.01 Å². The number of carbonyl (C=O) groups excluding carboxylic acids is 3. The number of ketones is 1. The molecule has 2 aromatic rings. The molecule has 1 saturated carbocycles. The van der Waals surface area contributed by atoms with E-state index in [0.717, 1.165) is 5.56 Å². The molecule has 2 aromatic carbocycles. The molecule has 3 unspecified atom stereocenters. The minimum atomic E-state index is -1.04. The molecule has 1 aliphatic heterocycles. The van der Waals surface area contributed by atoms with Gasteiger partial charge in [0.05, 0.1) is 17.3 Å². The number of nitrogens with zero attached hydrogens (tertiary/aromatic N) is 2. The largest absolute Gasteiger partial charge is 0.459 e. The number of hydrazine groups is 1. The predicted molar refractivity (Wildman–Crippen MR) is 134 cm³/mol. The van der Waals surface area contributed by atoms with Crippen LogP contribution in [0.1, 0.15) is 32.8 Å². The van der Waals surface area contributed by atoms with Crippen LogP contribution < -0.4 is 10.7 Å². The van der Waals surface area contributed by atoms with Crippen molar-refractivity contribution in [1.29, 1.82) is 0 Å². The lowest BCUT2D eigenvalue weighted by atomic mass is 10.0. The molecule has 3 atom stereocenters. The number of carbonyl (C=O) groups is 3. The first kappa shape index (κ1) is 25.8. The molecule has 9 nitrogen and oxygen atoms in total. The van der Waals surface area contributed by atoms with Crippen LogP contribution in [0.15, 0.2) is 60.7 Å². The molecule has 36 heavy (non-hydrogen) atoms. The molecule has 1 aliphatic carbocycles. The third-order valence-corrected chi connectivity index (χ3v) is 5.89. The van der Waals surface area contributed by atoms with Gasteiger partial charge >= 0.3 is 5.97 Å². The first-order valence-corrected chi connectivity index (χ1v) is 12.3. The lowest BCUT2D eigenvalue weighted by molar-refractivity contribution is -0.239. The summed E-state index contributed by atoms with van der Waals surface area (Å²) in [5, 5.41) is 6.45. The highest BCUT2D eigenvalue weighted by atomic mass is 16.7. The van der Waals surface area contributed by atoms with E-state index in [2.05, 4.69) is 10.7 Å². The monoisotopic (exact) mass is 494 g/mol. The van der Waals surface area contributed by atoms with Crippen LogP contribution in [0.25, 0.3) is 0 Å². The van der Waals surface area contributed by atoms with Gasteiger partial charge in [0.15, 0.2) is 6.04 Å². The Balaban J connectivity index is 1.62. The Kier molecular flexibility index (Phi) is 8.03. The topological polar surface area (TPSA) is 100 Å². The predicted octanol–water partition coefficient (Wildman–Crippen LogP) is 2.55. The normalized spacial score (nSPS) is 20.9. The fourth-order valence-electron chi connectivity index (χ4n) is 4.14. The van der Waals surface area contributed by atoms with Gasteiger partial charge in [-0.1, -0.05) is 48.5 Å². The van der Waals surface area contributed by atoms with Gasteiger partial charge in [0.2, 0.25) is 0 Å². The van der Waals surface area contributed by atoms with Gasteiger partial charge in [0, 0.05) is 26.1 Å². The fourth-order valence-corrected chi connectivity index (χ4v) is 4.14. The van der Waals surface area contributed by atoms with Gasteiger partial charge in [0.25, 0.3) is 5.91 Å². The molecular formula is C27H34N4O5. The second kappa shape index (κ2) is 11.2. The van der Waals surface area contributed by atoms with Crippen molar-refractivity contribution in [2.24, 2.45) is 5.92 Å². The van der Waals surface area contributed by atoms with Crippen molar-refractivity contribution in [3.8, 4) is 0 Å². The summed E-state index contributed by atoms with van der Waals surface area (Å²) >= 11 is 0. The number of nitrogens with one attached hydrogen (secondary N) is 2. The molecule has 0 radical (unpaired) electrons. The van der Waals surface area contributed by atoms with Gasteiger partial charge in [-0.25, -0.2) is 9.80 Å². The molecule has 192 valence electrons. The maximum absolute atomic E-state index is 13.6. The standard InChI is InChI=1S/C27H34N4O5/c1-27(2,3)36-30-15-14-28-22(17-30)24(26(34)35-18-19-10-6-4-7-11-19)31(25(33)21-16-23(21)32)29-20-12-8-5-9-13-20/h4-13,21-22,24,28-29H,14-18H2,1-3H3. The molecular weight excluding hydrogens is 460 g/mol. The molecule has 1 amide bonds. The minimum Gasteiger partial charge on any atom is -0.459 e. The molecule has 4 rings (SSSR count). The van der Waals surface area contributed by atoms with Gasteiger partial charge < -0.3 is 10.1 Å². The molecule has 2 fully saturated rings. The van der Waals surface area contributed by atoms with Gasteiger partial charge in [-0.05, 0) is 38.5 Å². The summed E-state index contributed by atoms with van der Waals surface area (Å²) in [6.07, 6.45) is 0.176. The summed E-state index contributed by atoms with van der Waals surface area (Å²) in [7, 11) is 0. The van der Waals surface area contributed by atoms with E-state index in [4.69, 9.17) is 9.57 Å². The number of Topliss-reactive ketones (excluding diaryl/α,β-unsaturated/α-hetero) is 1. The number of hydroxylamine groups is 2. The van der Waals surface area contributed by atoms with Crippen LogP contribution in [0.4, 0.5) is 5.69 Å². The van der Waals surface area contributed by atoms with E-state index in [0.29, 0.717) is 25.3 Å². The zero-order valence-corrected chi connectivity index (χ0v) is 21.0. The van der Waals surface area contributed by atoms with E-state index in [9.17, 15) is 14.4 Å². The minimum absolute atomic E-state index is 0.0703. The zero-order chi connectivity index (χ0) is 25.7. The first-order valence-electron chi connectivity index (χ1n) is 12.3. The van der Waals surface area contributed by atoms with Crippen molar-refractivity contribution in [2.75, 3.05) is 25.1 Å². The number of rotatable bonds is 9. The molecule has 9 heteroatoms. The van der Waals surface area contributed by atoms with Crippen molar-refractivity contribution in [2.45, 2.75) is 51.5 Å². The number of amides is 1. The number of ether oxygens (including phenoxy) is 1. The van der Waals surface area contributed by atoms with Crippen LogP contribution >= 0.6 is 0 Å². The molecule has 0 bridgehead atoms. The highest BCUT2D eigenvalue weighted by Gasteiger charge is 2.49. The molecule has 0 spiro atoms. The van der Waals surface area contributed by atoms with Gasteiger partial charge in [-0.3, -0.25) is 19.9 Å². The van der Waals surface area contributed by atoms with Crippen molar-refractivity contribution < 1.29 is 24.0 Å². The van der Waals surface area contributed by atoms with Crippen LogP contribution in [0.3, 0.4) is 0 Å². The van der Waals surface area contributed by atoms with Crippen LogP contribution in [0, 0.1) is 5.92 Å². The Morgan fingerprint density at radius 1 is 1.11 bits per heavy atom. The maximum Gasteiger partial charge on any atom is 0.333 e. The lowest BCUT2D eigenvalue weighted by Gasteiger charge is -2.42. The van der Waals surface area contributed by atoms with E-state index in [1.807, 2.05) is 74.4 Å². The first-order chi connectivity index (χ1) is 17.2. The number of hydrogen-bond acceptors (Lipinski definition) is 8. The summed E-state index contributed by atoms with van der Waals surface area (Å²) < 4.78 is 5.72. The number of hydrogen-bond donors (Lipinski definition) is 2. The third-order valence-electron chi connectivity index (χ3n) is 5.89. The summed E-state index contributed by atoms with van der Waals surface area (Å²) in [5.74, 6) is -1.90.